The highest BCUT2D eigenvalue weighted by Crippen LogP contribution is 2.20. The average Bonchev–Trinajstić information content (AvgIpc) is 3.08. The molecule has 6 nitrogen and oxygen atoms in total. The van der Waals surface area contributed by atoms with E-state index in [1.165, 1.54) is 11.3 Å². The third-order valence-electron chi connectivity index (χ3n) is 3.94. The van der Waals surface area contributed by atoms with Gasteiger partial charge in [-0.05, 0) is 31.9 Å². The van der Waals surface area contributed by atoms with Crippen molar-refractivity contribution in [3.05, 3.63) is 45.7 Å². The lowest BCUT2D eigenvalue weighted by Gasteiger charge is -2.09. The normalized spacial score (nSPS) is 19.3. The van der Waals surface area contributed by atoms with Crippen molar-refractivity contribution in [3.8, 4) is 0 Å². The third kappa shape index (κ3) is 4.18. The van der Waals surface area contributed by atoms with Gasteiger partial charge >= 0.3 is 0 Å². The Labute approximate surface area is 145 Å². The van der Waals surface area contributed by atoms with Crippen molar-refractivity contribution >= 4 is 27.1 Å². The van der Waals surface area contributed by atoms with Crippen molar-refractivity contribution in [3.63, 3.8) is 0 Å². The summed E-state index contributed by atoms with van der Waals surface area (Å²) in [5.74, 6) is -0.0471. The second-order valence-corrected chi connectivity index (χ2v) is 9.23. The fourth-order valence-corrected chi connectivity index (χ4v) is 5.35. The molecule has 3 heterocycles. The predicted molar refractivity (Wildman–Crippen MR) is 93.0 cm³/mol. The zero-order valence-corrected chi connectivity index (χ0v) is 15.0. The topological polar surface area (TPSA) is 89.0 Å². The van der Waals surface area contributed by atoms with E-state index in [0.717, 1.165) is 23.5 Å². The minimum absolute atomic E-state index is 0.0309. The van der Waals surface area contributed by atoms with Gasteiger partial charge in [-0.3, -0.25) is 9.78 Å². The second-order valence-electron chi connectivity index (χ2n) is 5.92. The fourth-order valence-electron chi connectivity index (χ4n) is 2.71. The molecule has 0 aliphatic carbocycles. The van der Waals surface area contributed by atoms with Gasteiger partial charge in [0.2, 0.25) is 0 Å². The molecule has 0 spiro atoms. The molecule has 24 heavy (non-hydrogen) atoms. The summed E-state index contributed by atoms with van der Waals surface area (Å²) < 4.78 is 23.0. The van der Waals surface area contributed by atoms with E-state index in [9.17, 15) is 13.2 Å². The fraction of sp³-hybridized carbons (Fsp3) is 0.438. The lowest BCUT2D eigenvalue weighted by atomic mass is 10.2. The van der Waals surface area contributed by atoms with Gasteiger partial charge < -0.3 is 5.32 Å². The summed E-state index contributed by atoms with van der Waals surface area (Å²) in [4.78, 5) is 21.7. The summed E-state index contributed by atoms with van der Waals surface area (Å²) in [6, 6.07) is 5.50. The highest BCUT2D eigenvalue weighted by molar-refractivity contribution is 7.91. The van der Waals surface area contributed by atoms with E-state index in [1.807, 2.05) is 18.2 Å². The van der Waals surface area contributed by atoms with Crippen molar-refractivity contribution in [1.82, 2.24) is 15.3 Å². The molecule has 0 radical (unpaired) electrons. The molecule has 1 aliphatic heterocycles. The van der Waals surface area contributed by atoms with E-state index in [1.54, 1.807) is 13.1 Å². The van der Waals surface area contributed by atoms with Crippen molar-refractivity contribution in [2.24, 2.45) is 0 Å². The van der Waals surface area contributed by atoms with Gasteiger partial charge in [-0.15, -0.1) is 11.3 Å². The maximum absolute atomic E-state index is 12.4. The van der Waals surface area contributed by atoms with Crippen LogP contribution in [0.4, 0.5) is 0 Å². The van der Waals surface area contributed by atoms with E-state index >= 15 is 0 Å². The highest BCUT2D eigenvalue weighted by Gasteiger charge is 2.30. The zero-order chi connectivity index (χ0) is 17.2. The number of hydrogen-bond acceptors (Lipinski definition) is 6. The minimum atomic E-state index is -3.00. The average molecular weight is 365 g/mol. The molecule has 2 aromatic rings. The van der Waals surface area contributed by atoms with Crippen molar-refractivity contribution < 1.29 is 13.2 Å². The predicted octanol–water partition coefficient (Wildman–Crippen LogP) is 1.55. The molecule has 1 unspecified atom stereocenters. The van der Waals surface area contributed by atoms with Gasteiger partial charge in [0.25, 0.3) is 5.91 Å². The SMILES string of the molecule is Cc1nc(CCc2ccccn2)sc1C(=O)NC1CCS(=O)(=O)C1. The van der Waals surface area contributed by atoms with E-state index < -0.39 is 9.84 Å². The second kappa shape index (κ2) is 6.98. The first-order chi connectivity index (χ1) is 11.4. The minimum Gasteiger partial charge on any atom is -0.347 e. The molecule has 1 atom stereocenters. The van der Waals surface area contributed by atoms with Crippen LogP contribution in [0, 0.1) is 6.92 Å². The lowest BCUT2D eigenvalue weighted by molar-refractivity contribution is 0.0944. The molecular formula is C16H19N3O3S2. The molecule has 128 valence electrons. The first kappa shape index (κ1) is 17.0. The van der Waals surface area contributed by atoms with Gasteiger partial charge in [0, 0.05) is 24.4 Å². The van der Waals surface area contributed by atoms with Crippen LogP contribution >= 0.6 is 11.3 Å². The molecule has 1 fully saturated rings. The number of hydrogen-bond donors (Lipinski definition) is 1. The lowest BCUT2D eigenvalue weighted by Crippen LogP contribution is -2.35. The van der Waals surface area contributed by atoms with Crippen LogP contribution in [0.5, 0.6) is 0 Å². The van der Waals surface area contributed by atoms with Crippen molar-refractivity contribution in [2.45, 2.75) is 32.2 Å². The Morgan fingerprint density at radius 1 is 1.38 bits per heavy atom. The van der Waals surface area contributed by atoms with E-state index in [4.69, 9.17) is 0 Å². The summed E-state index contributed by atoms with van der Waals surface area (Å²) in [5.41, 5.74) is 1.68. The maximum atomic E-state index is 12.4. The van der Waals surface area contributed by atoms with Gasteiger partial charge in [-0.1, -0.05) is 6.07 Å². The summed E-state index contributed by atoms with van der Waals surface area (Å²) in [6.07, 6.45) is 3.75. The molecule has 1 aliphatic rings. The van der Waals surface area contributed by atoms with Gasteiger partial charge in [-0.25, -0.2) is 13.4 Å². The van der Waals surface area contributed by atoms with Crippen LogP contribution < -0.4 is 5.32 Å². The molecular weight excluding hydrogens is 346 g/mol. The number of aromatic nitrogens is 2. The van der Waals surface area contributed by atoms with Gasteiger partial charge in [0.15, 0.2) is 9.84 Å². The largest absolute Gasteiger partial charge is 0.347 e. The van der Waals surface area contributed by atoms with Gasteiger partial charge in [-0.2, -0.15) is 0 Å². The number of thiazole rings is 1. The zero-order valence-electron chi connectivity index (χ0n) is 13.4. The standard InChI is InChI=1S/C16H19N3O3S2/c1-11-15(16(20)19-13-7-9-24(21,22)10-13)23-14(18-11)6-5-12-4-2-3-8-17-12/h2-4,8,13H,5-7,9-10H2,1H3,(H,19,20). The molecule has 1 N–H and O–H groups in total. The maximum Gasteiger partial charge on any atom is 0.263 e. The molecule has 0 aromatic carbocycles. The Kier molecular flexibility index (Phi) is 4.96. The van der Waals surface area contributed by atoms with E-state index in [-0.39, 0.29) is 23.5 Å². The number of aryl methyl sites for hydroxylation is 3. The van der Waals surface area contributed by atoms with Crippen LogP contribution in [-0.4, -0.2) is 41.8 Å². The van der Waals surface area contributed by atoms with Gasteiger partial charge in [0.05, 0.1) is 22.2 Å². The van der Waals surface area contributed by atoms with Crippen molar-refractivity contribution in [2.75, 3.05) is 11.5 Å². The number of nitrogens with zero attached hydrogens (tertiary/aromatic N) is 2. The number of carbonyl (C=O) groups is 1. The molecule has 0 saturated carbocycles. The summed E-state index contributed by atoms with van der Waals surface area (Å²) in [5, 5.41) is 3.71. The first-order valence-electron chi connectivity index (χ1n) is 7.80. The van der Waals surface area contributed by atoms with Crippen LogP contribution in [0.3, 0.4) is 0 Å². The Morgan fingerprint density at radius 2 is 2.21 bits per heavy atom. The summed E-state index contributed by atoms with van der Waals surface area (Å²) in [6.45, 7) is 1.81. The van der Waals surface area contributed by atoms with Crippen LogP contribution in [0.15, 0.2) is 24.4 Å². The van der Waals surface area contributed by atoms with Crippen LogP contribution in [0.25, 0.3) is 0 Å². The van der Waals surface area contributed by atoms with Crippen molar-refractivity contribution in [1.29, 1.82) is 0 Å². The Hall–Kier alpha value is -1.80. The Morgan fingerprint density at radius 3 is 2.88 bits per heavy atom. The monoisotopic (exact) mass is 365 g/mol. The summed E-state index contributed by atoms with van der Waals surface area (Å²) >= 11 is 1.37. The number of sulfone groups is 1. The van der Waals surface area contributed by atoms with Crippen LogP contribution in [0.2, 0.25) is 0 Å². The number of pyridine rings is 1. The molecule has 3 rings (SSSR count). The van der Waals surface area contributed by atoms with Gasteiger partial charge in [0.1, 0.15) is 4.88 Å². The number of carbonyl (C=O) groups excluding carboxylic acids is 1. The number of amides is 1. The Balaban J connectivity index is 1.62. The highest BCUT2D eigenvalue weighted by atomic mass is 32.2. The molecule has 2 aromatic heterocycles. The first-order valence-corrected chi connectivity index (χ1v) is 10.4. The quantitative estimate of drug-likeness (QED) is 0.868. The summed E-state index contributed by atoms with van der Waals surface area (Å²) in [7, 11) is -3.00. The van der Waals surface area contributed by atoms with E-state index in [0.29, 0.717) is 17.0 Å². The smallest absolute Gasteiger partial charge is 0.263 e. The molecule has 1 saturated heterocycles. The molecule has 0 bridgehead atoms. The molecule has 8 heteroatoms. The van der Waals surface area contributed by atoms with Crippen LogP contribution in [0.1, 0.15) is 32.5 Å². The number of rotatable bonds is 5. The third-order valence-corrected chi connectivity index (χ3v) is 6.92. The number of nitrogens with one attached hydrogen (secondary N) is 1. The Bertz CT molecular complexity index is 832. The van der Waals surface area contributed by atoms with Crippen LogP contribution in [-0.2, 0) is 22.7 Å². The molecule has 1 amide bonds. The van der Waals surface area contributed by atoms with E-state index in [2.05, 4.69) is 15.3 Å².